The van der Waals surface area contributed by atoms with Gasteiger partial charge in [0.1, 0.15) is 12.3 Å². The molecule has 2 rings (SSSR count). The topological polar surface area (TPSA) is 140 Å². The summed E-state index contributed by atoms with van der Waals surface area (Å²) in [5.74, 6) is 0.159. The fourth-order valence-electron chi connectivity index (χ4n) is 3.03. The molecule has 0 aliphatic rings. The van der Waals surface area contributed by atoms with Crippen LogP contribution in [0.5, 0.6) is 17.2 Å². The number of anilines is 2. The highest BCUT2D eigenvalue weighted by Gasteiger charge is 2.24. The summed E-state index contributed by atoms with van der Waals surface area (Å²) in [6, 6.07) is 8.06. The Labute approximate surface area is 200 Å². The van der Waals surface area contributed by atoms with Gasteiger partial charge in [-0.05, 0) is 44.2 Å². The van der Waals surface area contributed by atoms with Crippen LogP contribution in [0.3, 0.4) is 0 Å². The highest BCUT2D eigenvalue weighted by atomic mass is 32.2. The molecule has 2 N–H and O–H groups in total. The molecule has 0 saturated carbocycles. The van der Waals surface area contributed by atoms with Crippen LogP contribution in [0.4, 0.5) is 11.4 Å². The van der Waals surface area contributed by atoms with Crippen LogP contribution in [0.1, 0.15) is 13.8 Å². The standard InChI is InChI=1S/C21H29N3O8S2/c1-14(2)23-34(28,29)16-8-10-18(30-3)17(12-16)22-21(25)13-24(33(6,26)27)15-7-9-19(31-4)20(11-15)32-5/h7-12,14,23H,13H2,1-6H3,(H,22,25). The molecular formula is C21H29N3O8S2. The van der Waals surface area contributed by atoms with Gasteiger partial charge in [0.25, 0.3) is 0 Å². The van der Waals surface area contributed by atoms with Crippen LogP contribution in [-0.4, -0.2) is 62.9 Å². The second-order valence-electron chi connectivity index (χ2n) is 7.50. The predicted octanol–water partition coefficient (Wildman–Crippen LogP) is 1.80. The first-order valence-corrected chi connectivity index (χ1v) is 13.4. The Hall–Kier alpha value is -3.03. The maximum Gasteiger partial charge on any atom is 0.245 e. The van der Waals surface area contributed by atoms with Crippen molar-refractivity contribution in [3.8, 4) is 17.2 Å². The zero-order chi connectivity index (χ0) is 25.7. The summed E-state index contributed by atoms with van der Waals surface area (Å²) in [6.07, 6.45) is 0.961. The Morgan fingerprint density at radius 2 is 1.50 bits per heavy atom. The van der Waals surface area contributed by atoms with E-state index >= 15 is 0 Å². The SMILES string of the molecule is COc1ccc(S(=O)(=O)NC(C)C)cc1NC(=O)CN(c1ccc(OC)c(OC)c1)S(C)(=O)=O. The number of rotatable bonds is 11. The van der Waals surface area contributed by atoms with E-state index in [9.17, 15) is 21.6 Å². The monoisotopic (exact) mass is 515 g/mol. The minimum absolute atomic E-state index is 0.0693. The van der Waals surface area contributed by atoms with Crippen LogP contribution in [0.2, 0.25) is 0 Å². The number of nitrogens with one attached hydrogen (secondary N) is 2. The van der Waals surface area contributed by atoms with Crippen molar-refractivity contribution in [1.29, 1.82) is 0 Å². The molecule has 2 aromatic carbocycles. The Kier molecular flexibility index (Phi) is 8.75. The summed E-state index contributed by atoms with van der Waals surface area (Å²) in [4.78, 5) is 12.7. The molecule has 0 fully saturated rings. The number of methoxy groups -OCH3 is 3. The molecule has 0 spiro atoms. The van der Waals surface area contributed by atoms with Gasteiger partial charge >= 0.3 is 0 Å². The average Bonchev–Trinajstić information content (AvgIpc) is 2.75. The first-order chi connectivity index (χ1) is 15.8. The van der Waals surface area contributed by atoms with Gasteiger partial charge in [-0.2, -0.15) is 0 Å². The van der Waals surface area contributed by atoms with Crippen LogP contribution >= 0.6 is 0 Å². The third-order valence-electron chi connectivity index (χ3n) is 4.49. The van der Waals surface area contributed by atoms with Crippen molar-refractivity contribution in [2.45, 2.75) is 24.8 Å². The molecule has 0 radical (unpaired) electrons. The number of hydrogen-bond donors (Lipinski definition) is 2. The molecule has 0 bridgehead atoms. The molecule has 0 aliphatic heterocycles. The van der Waals surface area contributed by atoms with Gasteiger partial charge in [-0.25, -0.2) is 21.6 Å². The van der Waals surface area contributed by atoms with E-state index in [1.807, 2.05) is 0 Å². The molecule has 0 aliphatic carbocycles. The summed E-state index contributed by atoms with van der Waals surface area (Å²) >= 11 is 0. The number of hydrogen-bond acceptors (Lipinski definition) is 8. The smallest absolute Gasteiger partial charge is 0.245 e. The highest BCUT2D eigenvalue weighted by Crippen LogP contribution is 2.33. The van der Waals surface area contributed by atoms with Gasteiger partial charge in [-0.15, -0.1) is 0 Å². The number of nitrogens with zero attached hydrogens (tertiary/aromatic N) is 1. The predicted molar refractivity (Wildman–Crippen MR) is 129 cm³/mol. The van der Waals surface area contributed by atoms with E-state index in [4.69, 9.17) is 14.2 Å². The molecule has 0 heterocycles. The molecule has 2 aromatic rings. The van der Waals surface area contributed by atoms with Crippen molar-refractivity contribution in [3.63, 3.8) is 0 Å². The maximum atomic E-state index is 12.8. The largest absolute Gasteiger partial charge is 0.495 e. The zero-order valence-electron chi connectivity index (χ0n) is 19.8. The summed E-state index contributed by atoms with van der Waals surface area (Å²) in [6.45, 7) is 2.77. The molecule has 0 saturated heterocycles. The van der Waals surface area contributed by atoms with Crippen LogP contribution in [0, 0.1) is 0 Å². The fraction of sp³-hybridized carbons (Fsp3) is 0.381. The molecule has 34 heavy (non-hydrogen) atoms. The van der Waals surface area contributed by atoms with Gasteiger partial charge in [0.15, 0.2) is 11.5 Å². The van der Waals surface area contributed by atoms with Gasteiger partial charge in [0.2, 0.25) is 26.0 Å². The van der Waals surface area contributed by atoms with Gasteiger partial charge in [0.05, 0.1) is 43.9 Å². The van der Waals surface area contributed by atoms with Gasteiger partial charge in [0, 0.05) is 12.1 Å². The average molecular weight is 516 g/mol. The molecule has 11 nitrogen and oxygen atoms in total. The maximum absolute atomic E-state index is 12.8. The third kappa shape index (κ3) is 6.74. The van der Waals surface area contributed by atoms with Crippen LogP contribution in [-0.2, 0) is 24.8 Å². The lowest BCUT2D eigenvalue weighted by atomic mass is 10.2. The van der Waals surface area contributed by atoms with Crippen molar-refractivity contribution in [1.82, 2.24) is 4.72 Å². The lowest BCUT2D eigenvalue weighted by Gasteiger charge is -2.23. The lowest BCUT2D eigenvalue weighted by molar-refractivity contribution is -0.114. The summed E-state index contributed by atoms with van der Waals surface area (Å²) in [5.41, 5.74) is 0.250. The summed E-state index contributed by atoms with van der Waals surface area (Å²) < 4.78 is 68.9. The second kappa shape index (κ2) is 10.9. The van der Waals surface area contributed by atoms with Crippen LogP contribution < -0.4 is 28.6 Å². The van der Waals surface area contributed by atoms with E-state index < -0.39 is 32.5 Å². The number of carbonyl (C=O) groups excluding carboxylic acids is 1. The van der Waals surface area contributed by atoms with E-state index in [0.29, 0.717) is 5.75 Å². The second-order valence-corrected chi connectivity index (χ2v) is 11.1. The molecule has 0 atom stereocenters. The van der Waals surface area contributed by atoms with Crippen molar-refractivity contribution >= 4 is 37.3 Å². The molecule has 188 valence electrons. The van der Waals surface area contributed by atoms with Crippen molar-refractivity contribution in [2.24, 2.45) is 0 Å². The zero-order valence-corrected chi connectivity index (χ0v) is 21.4. The van der Waals surface area contributed by atoms with Gasteiger partial charge in [-0.1, -0.05) is 0 Å². The first-order valence-electron chi connectivity index (χ1n) is 10.0. The molecule has 0 unspecified atom stereocenters. The van der Waals surface area contributed by atoms with E-state index in [-0.39, 0.29) is 33.8 Å². The van der Waals surface area contributed by atoms with Crippen LogP contribution in [0.25, 0.3) is 0 Å². The third-order valence-corrected chi connectivity index (χ3v) is 7.29. The Morgan fingerprint density at radius 3 is 2.03 bits per heavy atom. The number of amides is 1. The number of sulfonamides is 2. The van der Waals surface area contributed by atoms with E-state index in [0.717, 1.165) is 10.6 Å². The molecule has 0 aromatic heterocycles. The number of carbonyl (C=O) groups is 1. The lowest BCUT2D eigenvalue weighted by Crippen LogP contribution is -2.37. The van der Waals surface area contributed by atoms with Gasteiger partial charge < -0.3 is 19.5 Å². The highest BCUT2D eigenvalue weighted by molar-refractivity contribution is 7.92. The van der Waals surface area contributed by atoms with E-state index in [1.165, 1.54) is 57.7 Å². The number of benzene rings is 2. The van der Waals surface area contributed by atoms with Crippen molar-refractivity contribution in [3.05, 3.63) is 36.4 Å². The van der Waals surface area contributed by atoms with Gasteiger partial charge in [-0.3, -0.25) is 9.10 Å². The fourth-order valence-corrected chi connectivity index (χ4v) is 5.16. The normalized spacial score (nSPS) is 11.7. The van der Waals surface area contributed by atoms with E-state index in [1.54, 1.807) is 13.8 Å². The molecule has 13 heteroatoms. The minimum atomic E-state index is -3.87. The Morgan fingerprint density at radius 1 is 0.912 bits per heavy atom. The Balaban J connectivity index is 2.37. The quantitative estimate of drug-likeness (QED) is 0.462. The Bertz CT molecular complexity index is 1240. The van der Waals surface area contributed by atoms with Crippen LogP contribution in [0.15, 0.2) is 41.3 Å². The minimum Gasteiger partial charge on any atom is -0.495 e. The van der Waals surface area contributed by atoms with Crippen molar-refractivity contribution in [2.75, 3.05) is 43.8 Å². The number of ether oxygens (including phenoxy) is 3. The van der Waals surface area contributed by atoms with E-state index in [2.05, 4.69) is 10.0 Å². The molecule has 1 amide bonds. The summed E-state index contributed by atoms with van der Waals surface area (Å²) in [7, 11) is -3.50. The first kappa shape index (κ1) is 27.2. The summed E-state index contributed by atoms with van der Waals surface area (Å²) in [5, 5.41) is 2.53. The molecular weight excluding hydrogens is 486 g/mol. The van der Waals surface area contributed by atoms with Crippen molar-refractivity contribution < 1.29 is 35.8 Å².